The average molecular weight is 237 g/mol. The van der Waals surface area contributed by atoms with Gasteiger partial charge in [-0.05, 0) is 12.3 Å². The van der Waals surface area contributed by atoms with Crippen molar-refractivity contribution in [2.75, 3.05) is 0 Å². The van der Waals surface area contributed by atoms with Gasteiger partial charge in [0.1, 0.15) is 5.82 Å². The first kappa shape index (κ1) is 13.9. The van der Waals surface area contributed by atoms with Crippen molar-refractivity contribution in [1.82, 2.24) is 15.3 Å². The summed E-state index contributed by atoms with van der Waals surface area (Å²) in [7, 11) is 0. The summed E-state index contributed by atoms with van der Waals surface area (Å²) < 4.78 is 0. The lowest BCUT2D eigenvalue weighted by molar-refractivity contribution is 0.561. The highest BCUT2D eigenvalue weighted by molar-refractivity contribution is 5.03. The van der Waals surface area contributed by atoms with Crippen molar-refractivity contribution in [1.29, 1.82) is 0 Å². The topological polar surface area (TPSA) is 57.8 Å². The minimum absolute atomic E-state index is 0.0562. The lowest BCUT2D eigenvalue weighted by atomic mass is 10.1. The Morgan fingerprint density at radius 2 is 2.06 bits per heavy atom. The Balaban J connectivity index is 2.69. The summed E-state index contributed by atoms with van der Waals surface area (Å²) in [5, 5.41) is 3.27. The minimum atomic E-state index is -0.0562. The molecule has 1 heterocycles. The molecule has 1 rings (SSSR count). The SMILES string of the molecule is CC(C)CCc1nc(CNC(C)C)cc(=O)[nH]1. The van der Waals surface area contributed by atoms with Crippen LogP contribution in [0.3, 0.4) is 0 Å². The second kappa shape index (κ2) is 6.55. The second-order valence-corrected chi connectivity index (χ2v) is 5.15. The molecule has 0 radical (unpaired) electrons. The van der Waals surface area contributed by atoms with Crippen LogP contribution in [0, 0.1) is 5.92 Å². The van der Waals surface area contributed by atoms with Gasteiger partial charge in [0.25, 0.3) is 5.56 Å². The third-order valence-electron chi connectivity index (χ3n) is 2.49. The van der Waals surface area contributed by atoms with Crippen LogP contribution in [0.25, 0.3) is 0 Å². The molecule has 0 saturated carbocycles. The molecule has 1 aromatic heterocycles. The van der Waals surface area contributed by atoms with E-state index in [2.05, 4.69) is 43.0 Å². The Bertz CT molecular complexity index is 363. The summed E-state index contributed by atoms with van der Waals surface area (Å²) in [5.41, 5.74) is 0.764. The molecule has 0 unspecified atom stereocenters. The summed E-state index contributed by atoms with van der Waals surface area (Å²) in [5.74, 6) is 1.42. The molecule has 0 aliphatic rings. The molecule has 0 atom stereocenters. The second-order valence-electron chi connectivity index (χ2n) is 5.15. The van der Waals surface area contributed by atoms with E-state index in [1.54, 1.807) is 6.07 Å². The summed E-state index contributed by atoms with van der Waals surface area (Å²) in [6, 6.07) is 1.96. The van der Waals surface area contributed by atoms with E-state index in [9.17, 15) is 4.79 Å². The third-order valence-corrected chi connectivity index (χ3v) is 2.49. The quantitative estimate of drug-likeness (QED) is 0.794. The van der Waals surface area contributed by atoms with Crippen LogP contribution >= 0.6 is 0 Å². The van der Waals surface area contributed by atoms with Crippen LogP contribution in [0.5, 0.6) is 0 Å². The van der Waals surface area contributed by atoms with Crippen molar-refractivity contribution in [2.24, 2.45) is 5.92 Å². The van der Waals surface area contributed by atoms with Crippen LogP contribution in [0.15, 0.2) is 10.9 Å². The third kappa shape index (κ3) is 5.63. The molecule has 0 aliphatic carbocycles. The number of aryl methyl sites for hydroxylation is 1. The van der Waals surface area contributed by atoms with Crippen LogP contribution in [0.4, 0.5) is 0 Å². The molecule has 0 bridgehead atoms. The maximum atomic E-state index is 11.5. The van der Waals surface area contributed by atoms with Crippen molar-refractivity contribution < 1.29 is 0 Å². The largest absolute Gasteiger partial charge is 0.311 e. The van der Waals surface area contributed by atoms with Gasteiger partial charge in [0.15, 0.2) is 0 Å². The zero-order valence-electron chi connectivity index (χ0n) is 11.2. The first-order valence-corrected chi connectivity index (χ1v) is 6.30. The van der Waals surface area contributed by atoms with Gasteiger partial charge >= 0.3 is 0 Å². The van der Waals surface area contributed by atoms with Gasteiger partial charge in [-0.2, -0.15) is 0 Å². The van der Waals surface area contributed by atoms with Gasteiger partial charge in [-0.25, -0.2) is 4.98 Å². The molecule has 96 valence electrons. The number of aromatic amines is 1. The minimum Gasteiger partial charge on any atom is -0.311 e. The maximum Gasteiger partial charge on any atom is 0.251 e. The van der Waals surface area contributed by atoms with Crippen LogP contribution in [-0.2, 0) is 13.0 Å². The van der Waals surface area contributed by atoms with Gasteiger partial charge in [0.2, 0.25) is 0 Å². The van der Waals surface area contributed by atoms with Gasteiger partial charge in [-0.3, -0.25) is 4.79 Å². The molecule has 2 N–H and O–H groups in total. The fourth-order valence-corrected chi connectivity index (χ4v) is 1.51. The summed E-state index contributed by atoms with van der Waals surface area (Å²) in [6.07, 6.45) is 1.88. The Morgan fingerprint density at radius 1 is 1.35 bits per heavy atom. The fraction of sp³-hybridized carbons (Fsp3) is 0.692. The van der Waals surface area contributed by atoms with Gasteiger partial charge in [0.05, 0.1) is 5.69 Å². The predicted molar refractivity (Wildman–Crippen MR) is 70.0 cm³/mol. The summed E-state index contributed by atoms with van der Waals surface area (Å²) in [6.45, 7) is 9.14. The van der Waals surface area contributed by atoms with Crippen molar-refractivity contribution in [3.63, 3.8) is 0 Å². The molecule has 4 nitrogen and oxygen atoms in total. The molecule has 0 saturated heterocycles. The maximum absolute atomic E-state index is 11.5. The first-order chi connectivity index (χ1) is 7.97. The van der Waals surface area contributed by atoms with E-state index >= 15 is 0 Å². The highest BCUT2D eigenvalue weighted by atomic mass is 16.1. The van der Waals surface area contributed by atoms with E-state index in [0.717, 1.165) is 24.4 Å². The monoisotopic (exact) mass is 237 g/mol. The summed E-state index contributed by atoms with van der Waals surface area (Å²) in [4.78, 5) is 18.7. The van der Waals surface area contributed by atoms with Crippen LogP contribution in [-0.4, -0.2) is 16.0 Å². The van der Waals surface area contributed by atoms with Crippen LogP contribution in [0.1, 0.15) is 45.6 Å². The highest BCUT2D eigenvalue weighted by Gasteiger charge is 2.03. The van der Waals surface area contributed by atoms with E-state index < -0.39 is 0 Å². The van der Waals surface area contributed by atoms with E-state index in [0.29, 0.717) is 18.5 Å². The van der Waals surface area contributed by atoms with Gasteiger partial charge in [0, 0.05) is 25.1 Å². The molecule has 0 spiro atoms. The van der Waals surface area contributed by atoms with Gasteiger partial charge in [-0.1, -0.05) is 27.7 Å². The van der Waals surface area contributed by atoms with E-state index in [4.69, 9.17) is 0 Å². The summed E-state index contributed by atoms with van der Waals surface area (Å²) >= 11 is 0. The molecule has 4 heteroatoms. The van der Waals surface area contributed by atoms with Crippen molar-refractivity contribution in [3.05, 3.63) is 27.9 Å². The van der Waals surface area contributed by atoms with Crippen LogP contribution in [0.2, 0.25) is 0 Å². The molecule has 0 aromatic carbocycles. The molecule has 0 aliphatic heterocycles. The number of hydrogen-bond donors (Lipinski definition) is 2. The molecular weight excluding hydrogens is 214 g/mol. The van der Waals surface area contributed by atoms with E-state index in [-0.39, 0.29) is 5.56 Å². The van der Waals surface area contributed by atoms with Crippen molar-refractivity contribution >= 4 is 0 Å². The zero-order valence-corrected chi connectivity index (χ0v) is 11.2. The number of rotatable bonds is 6. The Hall–Kier alpha value is -1.16. The van der Waals surface area contributed by atoms with Crippen LogP contribution < -0.4 is 10.9 Å². The first-order valence-electron chi connectivity index (χ1n) is 6.30. The Morgan fingerprint density at radius 3 is 2.65 bits per heavy atom. The average Bonchev–Trinajstić information content (AvgIpc) is 2.23. The number of nitrogens with zero attached hydrogens (tertiary/aromatic N) is 1. The smallest absolute Gasteiger partial charge is 0.251 e. The molecule has 0 fully saturated rings. The van der Waals surface area contributed by atoms with Crippen molar-refractivity contribution in [3.8, 4) is 0 Å². The van der Waals surface area contributed by atoms with E-state index in [1.807, 2.05) is 0 Å². The zero-order chi connectivity index (χ0) is 12.8. The Kier molecular flexibility index (Phi) is 5.35. The normalized spacial score (nSPS) is 11.4. The standard InChI is InChI=1S/C13H23N3O/c1-9(2)5-6-12-15-11(7-13(17)16-12)8-14-10(3)4/h7,9-10,14H,5-6,8H2,1-4H3,(H,15,16,17). The number of nitrogens with one attached hydrogen (secondary N) is 2. The number of aromatic nitrogens is 2. The van der Waals surface area contributed by atoms with Gasteiger partial charge in [-0.15, -0.1) is 0 Å². The van der Waals surface area contributed by atoms with E-state index in [1.165, 1.54) is 0 Å². The number of H-pyrrole nitrogens is 1. The molecule has 17 heavy (non-hydrogen) atoms. The predicted octanol–water partition coefficient (Wildman–Crippen LogP) is 1.86. The lowest BCUT2D eigenvalue weighted by Crippen LogP contribution is -2.24. The van der Waals surface area contributed by atoms with Gasteiger partial charge < -0.3 is 10.3 Å². The highest BCUT2D eigenvalue weighted by Crippen LogP contribution is 2.04. The van der Waals surface area contributed by atoms with Crippen molar-refractivity contribution in [2.45, 2.75) is 53.1 Å². The fourth-order valence-electron chi connectivity index (χ4n) is 1.51. The molecular formula is C13H23N3O. The molecule has 0 amide bonds. The lowest BCUT2D eigenvalue weighted by Gasteiger charge is -2.09. The molecule has 1 aromatic rings. The Labute approximate surface area is 103 Å². The number of hydrogen-bond acceptors (Lipinski definition) is 3.